The van der Waals surface area contributed by atoms with E-state index in [9.17, 15) is 24.0 Å². The highest BCUT2D eigenvalue weighted by Crippen LogP contribution is 2.31. The molecule has 0 saturated carbocycles. The maximum absolute atomic E-state index is 13.5. The van der Waals surface area contributed by atoms with Gasteiger partial charge in [0.1, 0.15) is 23.8 Å². The van der Waals surface area contributed by atoms with Gasteiger partial charge in [-0.05, 0) is 31.0 Å². The van der Waals surface area contributed by atoms with Gasteiger partial charge in [0.05, 0.1) is 18.6 Å². The molecular weight excluding hydrogens is 622 g/mol. The number of nitrogens with one attached hydrogen (secondary N) is 1. The average molecular weight is 654 g/mol. The predicted octanol–water partition coefficient (Wildman–Crippen LogP) is 3.37. The van der Waals surface area contributed by atoms with Crippen LogP contribution >= 0.6 is 11.6 Å². The molecule has 2 aromatic heterocycles. The molecule has 1 aliphatic rings. The summed E-state index contributed by atoms with van der Waals surface area (Å²) in [6.07, 6.45) is 0.260. The Morgan fingerprint density at radius 3 is 2.43 bits per heavy atom. The van der Waals surface area contributed by atoms with Crippen LogP contribution in [-0.4, -0.2) is 71.7 Å². The van der Waals surface area contributed by atoms with Crippen molar-refractivity contribution in [1.82, 2.24) is 15.3 Å². The van der Waals surface area contributed by atoms with Gasteiger partial charge in [0, 0.05) is 18.5 Å². The summed E-state index contributed by atoms with van der Waals surface area (Å²) in [5.74, 6) is -6.08. The SMILES string of the molecule is COc1ccnc(C(=O)NC2COC(=O)[C@H](Cc3ccccc3)C(OC(=O)C(C)C)[C@H](C)OC2=O)c1OC(=O)c1ccc(Cl)nc1. The van der Waals surface area contributed by atoms with E-state index >= 15 is 0 Å². The highest BCUT2D eigenvalue weighted by atomic mass is 35.5. The highest BCUT2D eigenvalue weighted by molar-refractivity contribution is 6.29. The maximum Gasteiger partial charge on any atom is 0.345 e. The molecule has 0 radical (unpaired) electrons. The monoisotopic (exact) mass is 653 g/mol. The number of aromatic nitrogens is 2. The summed E-state index contributed by atoms with van der Waals surface area (Å²) in [4.78, 5) is 73.6. The Hall–Kier alpha value is -5.04. The third-order valence-corrected chi connectivity index (χ3v) is 7.15. The number of halogens is 1. The Labute approximate surface area is 269 Å². The second kappa shape index (κ2) is 15.3. The Kier molecular flexibility index (Phi) is 11.3. The molecule has 1 aliphatic heterocycles. The van der Waals surface area contributed by atoms with Gasteiger partial charge in [-0.25, -0.2) is 19.6 Å². The first-order valence-electron chi connectivity index (χ1n) is 14.3. The minimum Gasteiger partial charge on any atom is -0.493 e. The Morgan fingerprint density at radius 2 is 1.78 bits per heavy atom. The number of nitrogens with zero attached hydrogens (tertiary/aromatic N) is 2. The lowest BCUT2D eigenvalue weighted by molar-refractivity contribution is -0.176. The van der Waals surface area contributed by atoms with Gasteiger partial charge in [-0.1, -0.05) is 55.8 Å². The second-order valence-corrected chi connectivity index (χ2v) is 11.0. The van der Waals surface area contributed by atoms with E-state index in [-0.39, 0.29) is 28.6 Å². The molecule has 4 atom stereocenters. The number of methoxy groups -OCH3 is 1. The molecule has 1 saturated heterocycles. The van der Waals surface area contributed by atoms with Gasteiger partial charge in [-0.2, -0.15) is 0 Å². The van der Waals surface area contributed by atoms with E-state index in [1.54, 1.807) is 38.1 Å². The van der Waals surface area contributed by atoms with Crippen molar-refractivity contribution in [2.45, 2.75) is 45.4 Å². The molecule has 2 unspecified atom stereocenters. The zero-order valence-electron chi connectivity index (χ0n) is 25.4. The van der Waals surface area contributed by atoms with E-state index < -0.39 is 72.2 Å². The quantitative estimate of drug-likeness (QED) is 0.203. The topological polar surface area (TPSA) is 169 Å². The number of pyridine rings is 2. The molecule has 1 fully saturated rings. The fourth-order valence-electron chi connectivity index (χ4n) is 4.48. The Morgan fingerprint density at radius 1 is 1.04 bits per heavy atom. The summed E-state index contributed by atoms with van der Waals surface area (Å²) in [6, 6.07) is 11.6. The van der Waals surface area contributed by atoms with Crippen molar-refractivity contribution in [2.24, 2.45) is 11.8 Å². The molecule has 1 amide bonds. The number of esters is 4. The Balaban J connectivity index is 1.59. The van der Waals surface area contributed by atoms with Gasteiger partial charge in [-0.3, -0.25) is 14.4 Å². The van der Waals surface area contributed by atoms with Crippen LogP contribution < -0.4 is 14.8 Å². The predicted molar refractivity (Wildman–Crippen MR) is 161 cm³/mol. The van der Waals surface area contributed by atoms with Crippen molar-refractivity contribution in [2.75, 3.05) is 13.7 Å². The van der Waals surface area contributed by atoms with Crippen LogP contribution in [0.4, 0.5) is 0 Å². The molecule has 1 aromatic carbocycles. The molecule has 46 heavy (non-hydrogen) atoms. The third kappa shape index (κ3) is 8.36. The van der Waals surface area contributed by atoms with Crippen LogP contribution in [0.5, 0.6) is 11.5 Å². The van der Waals surface area contributed by atoms with E-state index in [1.165, 1.54) is 44.6 Å². The summed E-state index contributed by atoms with van der Waals surface area (Å²) in [7, 11) is 1.29. The van der Waals surface area contributed by atoms with Crippen LogP contribution in [0.25, 0.3) is 0 Å². The number of amides is 1. The number of carbonyl (C=O) groups is 5. The normalized spacial score (nSPS) is 19.9. The number of carbonyl (C=O) groups excluding carboxylic acids is 5. The number of hydrogen-bond acceptors (Lipinski definition) is 12. The standard InChI is InChI=1S/C32H32ClN3O10/c1-17(2)29(38)45-26-18(3)44-32(41)22(16-43-31(40)21(26)14-19-8-6-5-7-9-19)36-28(37)25-27(23(42-4)12-13-34-25)46-30(39)20-10-11-24(33)35-15-20/h5-13,15,17-18,21-22,26H,14,16H2,1-4H3,(H,36,37)/t18-,21+,22?,26?/m0/s1. The van der Waals surface area contributed by atoms with Gasteiger partial charge in [0.25, 0.3) is 5.91 Å². The van der Waals surface area contributed by atoms with E-state index in [0.29, 0.717) is 0 Å². The van der Waals surface area contributed by atoms with Crippen molar-refractivity contribution < 1.29 is 47.7 Å². The molecule has 13 nitrogen and oxygen atoms in total. The molecule has 0 bridgehead atoms. The largest absolute Gasteiger partial charge is 0.493 e. The molecule has 1 N–H and O–H groups in total. The molecule has 0 spiro atoms. The van der Waals surface area contributed by atoms with Gasteiger partial charge >= 0.3 is 23.9 Å². The summed E-state index contributed by atoms with van der Waals surface area (Å²) in [6.45, 7) is 4.14. The van der Waals surface area contributed by atoms with E-state index in [0.717, 1.165) is 5.56 Å². The lowest BCUT2D eigenvalue weighted by Gasteiger charge is -2.29. The van der Waals surface area contributed by atoms with Crippen LogP contribution in [0.2, 0.25) is 5.15 Å². The number of hydrogen-bond donors (Lipinski definition) is 1. The summed E-state index contributed by atoms with van der Waals surface area (Å²) < 4.78 is 27.5. The van der Waals surface area contributed by atoms with E-state index in [2.05, 4.69) is 15.3 Å². The summed E-state index contributed by atoms with van der Waals surface area (Å²) in [5.41, 5.74) is 0.380. The van der Waals surface area contributed by atoms with E-state index in [1.807, 2.05) is 6.07 Å². The van der Waals surface area contributed by atoms with Crippen LogP contribution in [0.1, 0.15) is 47.2 Å². The Bertz CT molecular complexity index is 1580. The lowest BCUT2D eigenvalue weighted by atomic mass is 9.91. The molecule has 0 aliphatic carbocycles. The second-order valence-electron chi connectivity index (χ2n) is 10.6. The minimum absolute atomic E-state index is 0.00826. The smallest absolute Gasteiger partial charge is 0.345 e. The lowest BCUT2D eigenvalue weighted by Crippen LogP contribution is -2.47. The van der Waals surface area contributed by atoms with Gasteiger partial charge in [0.2, 0.25) is 5.75 Å². The number of ether oxygens (including phenoxy) is 5. The van der Waals surface area contributed by atoms with Crippen molar-refractivity contribution in [3.63, 3.8) is 0 Å². The molecule has 242 valence electrons. The zero-order valence-corrected chi connectivity index (χ0v) is 26.2. The average Bonchev–Trinajstić information content (AvgIpc) is 3.07. The van der Waals surface area contributed by atoms with Crippen LogP contribution in [0.15, 0.2) is 60.9 Å². The van der Waals surface area contributed by atoms with Gasteiger partial charge in [0.15, 0.2) is 23.6 Å². The molecule has 14 heteroatoms. The maximum atomic E-state index is 13.5. The fraction of sp³-hybridized carbons (Fsp3) is 0.344. The minimum atomic E-state index is -1.51. The van der Waals surface area contributed by atoms with E-state index in [4.69, 9.17) is 35.3 Å². The van der Waals surface area contributed by atoms with Crippen molar-refractivity contribution in [1.29, 1.82) is 0 Å². The first-order chi connectivity index (χ1) is 22.0. The highest BCUT2D eigenvalue weighted by Gasteiger charge is 2.42. The zero-order chi connectivity index (χ0) is 33.4. The fourth-order valence-corrected chi connectivity index (χ4v) is 4.59. The molecule has 3 heterocycles. The molecule has 3 aromatic rings. The van der Waals surface area contributed by atoms with Crippen molar-refractivity contribution >= 4 is 41.4 Å². The number of cyclic esters (lactones) is 2. The van der Waals surface area contributed by atoms with Crippen molar-refractivity contribution in [3.05, 3.63) is 82.9 Å². The van der Waals surface area contributed by atoms with Gasteiger partial charge < -0.3 is 29.0 Å². The molecule has 4 rings (SSSR count). The summed E-state index contributed by atoms with van der Waals surface area (Å²) in [5, 5.41) is 2.59. The first kappa shape index (κ1) is 33.8. The molecular formula is C32H32ClN3O10. The van der Waals surface area contributed by atoms with Crippen molar-refractivity contribution in [3.8, 4) is 11.5 Å². The van der Waals surface area contributed by atoms with Crippen LogP contribution in [0, 0.1) is 11.8 Å². The number of benzene rings is 1. The van der Waals surface area contributed by atoms with Crippen LogP contribution in [-0.2, 0) is 35.0 Å². The number of rotatable bonds is 9. The van der Waals surface area contributed by atoms with Gasteiger partial charge in [-0.15, -0.1) is 0 Å². The first-order valence-corrected chi connectivity index (χ1v) is 14.6. The van der Waals surface area contributed by atoms with Crippen LogP contribution in [0.3, 0.4) is 0 Å². The summed E-state index contributed by atoms with van der Waals surface area (Å²) >= 11 is 5.80. The third-order valence-electron chi connectivity index (χ3n) is 6.93.